The molecule has 0 spiro atoms. The first-order chi connectivity index (χ1) is 18.3. The summed E-state index contributed by atoms with van der Waals surface area (Å²) in [6.07, 6.45) is 5.09. The van der Waals surface area contributed by atoms with Crippen LogP contribution in [-0.4, -0.2) is 56.2 Å². The molecule has 10 nitrogen and oxygen atoms in total. The number of amides is 2. The van der Waals surface area contributed by atoms with Gasteiger partial charge in [-0.15, -0.1) is 16.4 Å². The third kappa shape index (κ3) is 4.62. The van der Waals surface area contributed by atoms with Gasteiger partial charge in [0.25, 0.3) is 10.0 Å². The summed E-state index contributed by atoms with van der Waals surface area (Å²) in [6, 6.07) is 9.02. The third-order valence-electron chi connectivity index (χ3n) is 7.39. The summed E-state index contributed by atoms with van der Waals surface area (Å²) in [6.45, 7) is 2.79. The number of urea groups is 1. The number of rotatable bonds is 5. The lowest BCUT2D eigenvalue weighted by Gasteiger charge is -2.35. The maximum atomic E-state index is 13.1. The van der Waals surface area contributed by atoms with Crippen LogP contribution < -0.4 is 14.9 Å². The van der Waals surface area contributed by atoms with Crippen LogP contribution in [0.4, 0.5) is 16.3 Å². The maximum absolute atomic E-state index is 13.1. The Balaban J connectivity index is 1.27. The Morgan fingerprint density at radius 1 is 1.18 bits per heavy atom. The van der Waals surface area contributed by atoms with Gasteiger partial charge in [0.15, 0.2) is 5.82 Å². The van der Waals surface area contributed by atoms with E-state index in [-0.39, 0.29) is 10.1 Å². The Morgan fingerprint density at radius 2 is 2.03 bits per heavy atom. The number of sulfonamides is 1. The Hall–Kier alpha value is -3.53. The van der Waals surface area contributed by atoms with Gasteiger partial charge >= 0.3 is 6.03 Å². The number of nitrogens with one attached hydrogen (secondary N) is 2. The lowest BCUT2D eigenvalue weighted by molar-refractivity contribution is 0.256. The first-order valence-corrected chi connectivity index (χ1v) is 14.9. The van der Waals surface area contributed by atoms with Gasteiger partial charge in [0.1, 0.15) is 4.21 Å². The van der Waals surface area contributed by atoms with E-state index in [1.165, 1.54) is 11.3 Å². The van der Waals surface area contributed by atoms with E-state index in [0.717, 1.165) is 64.9 Å². The van der Waals surface area contributed by atoms with E-state index >= 15 is 0 Å². The molecule has 0 radical (unpaired) electrons. The normalized spacial score (nSPS) is 17.3. The van der Waals surface area contributed by atoms with Gasteiger partial charge in [0.2, 0.25) is 0 Å². The fourth-order valence-corrected chi connectivity index (χ4v) is 7.80. The monoisotopic (exact) mass is 549 g/mol. The molecule has 12 heteroatoms. The molecule has 1 aromatic carbocycles. The highest BCUT2D eigenvalue weighted by Crippen LogP contribution is 2.38. The quantitative estimate of drug-likeness (QED) is 0.496. The predicted molar refractivity (Wildman–Crippen MR) is 145 cm³/mol. The van der Waals surface area contributed by atoms with Crippen molar-refractivity contribution in [3.63, 3.8) is 0 Å². The van der Waals surface area contributed by atoms with Crippen LogP contribution in [-0.2, 0) is 35.8 Å². The summed E-state index contributed by atoms with van der Waals surface area (Å²) in [4.78, 5) is 18.3. The molecule has 0 unspecified atom stereocenters. The second-order valence-corrected chi connectivity index (χ2v) is 13.1. The molecular formula is C26H27N7O3S2. The van der Waals surface area contributed by atoms with Gasteiger partial charge in [0, 0.05) is 42.2 Å². The molecule has 0 bridgehead atoms. The zero-order valence-electron chi connectivity index (χ0n) is 20.9. The molecule has 38 heavy (non-hydrogen) atoms. The van der Waals surface area contributed by atoms with Crippen LogP contribution in [0.3, 0.4) is 0 Å². The largest absolute Gasteiger partial charge is 0.352 e. The molecule has 4 heterocycles. The number of hydrogen-bond acceptors (Lipinski definition) is 9. The Morgan fingerprint density at radius 3 is 2.84 bits per heavy atom. The number of aromatic nitrogens is 2. The highest BCUT2D eigenvalue weighted by Gasteiger charge is 2.29. The lowest BCUT2D eigenvalue weighted by Crippen LogP contribution is -2.46. The molecule has 3 aromatic rings. The SMILES string of the molecule is CN1CCc2sc(S(=O)(=O)NC(=O)Nc3c(-c4cnnc(N5CC(C#N)C5)c4)ccc4c3CCC4)cc2C1. The minimum atomic E-state index is -4.02. The van der Waals surface area contributed by atoms with Gasteiger partial charge in [0.05, 0.1) is 23.9 Å². The van der Waals surface area contributed by atoms with E-state index in [1.54, 1.807) is 12.3 Å². The molecule has 2 N–H and O–H groups in total. The number of likely N-dealkylation sites (N-methyl/N-ethyl adjacent to an activating group) is 1. The molecular weight excluding hydrogens is 522 g/mol. The zero-order chi connectivity index (χ0) is 26.4. The van der Waals surface area contributed by atoms with Gasteiger partial charge in [-0.25, -0.2) is 17.9 Å². The second-order valence-electron chi connectivity index (χ2n) is 10.1. The first-order valence-electron chi connectivity index (χ1n) is 12.6. The minimum absolute atomic E-state index is 0.0156. The average Bonchev–Trinajstić information content (AvgIpc) is 3.51. The summed E-state index contributed by atoms with van der Waals surface area (Å²) >= 11 is 1.23. The average molecular weight is 550 g/mol. The Labute approximate surface area is 225 Å². The van der Waals surface area contributed by atoms with E-state index in [1.807, 2.05) is 24.1 Å². The highest BCUT2D eigenvalue weighted by atomic mass is 32.2. The van der Waals surface area contributed by atoms with E-state index in [9.17, 15) is 13.2 Å². The van der Waals surface area contributed by atoms with Gasteiger partial charge in [-0.05, 0) is 61.6 Å². The first kappa shape index (κ1) is 24.8. The molecule has 1 aliphatic carbocycles. The number of nitriles is 1. The predicted octanol–water partition coefficient (Wildman–Crippen LogP) is 3.15. The summed E-state index contributed by atoms with van der Waals surface area (Å²) in [5.74, 6) is 0.651. The molecule has 2 amide bonds. The molecule has 0 atom stereocenters. The summed E-state index contributed by atoms with van der Waals surface area (Å²) < 4.78 is 28.6. The second kappa shape index (κ2) is 9.65. The summed E-state index contributed by atoms with van der Waals surface area (Å²) in [5.41, 5.74) is 5.26. The summed E-state index contributed by atoms with van der Waals surface area (Å²) in [5, 5.41) is 20.3. The number of hydrogen-bond donors (Lipinski definition) is 2. The zero-order valence-corrected chi connectivity index (χ0v) is 22.5. The van der Waals surface area contributed by atoms with Gasteiger partial charge < -0.3 is 15.1 Å². The van der Waals surface area contributed by atoms with Crippen LogP contribution >= 0.6 is 11.3 Å². The number of carbonyl (C=O) groups excluding carboxylic acids is 1. The van der Waals surface area contributed by atoms with E-state index in [4.69, 9.17) is 5.26 Å². The van der Waals surface area contributed by atoms with Crippen molar-refractivity contribution >= 4 is 38.9 Å². The van der Waals surface area contributed by atoms with Gasteiger partial charge in [-0.1, -0.05) is 12.1 Å². The molecule has 3 aliphatic rings. The van der Waals surface area contributed by atoms with Crippen molar-refractivity contribution in [3.05, 3.63) is 52.0 Å². The van der Waals surface area contributed by atoms with Crippen molar-refractivity contribution in [1.82, 2.24) is 19.8 Å². The van der Waals surface area contributed by atoms with Crippen LogP contribution in [0.2, 0.25) is 0 Å². The highest BCUT2D eigenvalue weighted by molar-refractivity contribution is 7.92. The number of fused-ring (bicyclic) bond motifs is 2. The fraction of sp³-hybridized carbons (Fsp3) is 0.385. The fourth-order valence-electron chi connectivity index (χ4n) is 5.34. The molecule has 2 aromatic heterocycles. The molecule has 1 fully saturated rings. The molecule has 6 rings (SSSR count). The molecule has 2 aliphatic heterocycles. The van der Waals surface area contributed by atoms with Crippen LogP contribution in [0, 0.1) is 17.2 Å². The number of thiophene rings is 1. The number of aryl methyl sites for hydroxylation is 1. The van der Waals surface area contributed by atoms with Crippen LogP contribution in [0.25, 0.3) is 11.1 Å². The Bertz CT molecular complexity index is 1570. The number of nitrogens with zero attached hydrogens (tertiary/aromatic N) is 5. The summed E-state index contributed by atoms with van der Waals surface area (Å²) in [7, 11) is -2.02. The topological polar surface area (TPSA) is 131 Å². The maximum Gasteiger partial charge on any atom is 0.333 e. The van der Waals surface area contributed by atoms with Crippen molar-refractivity contribution in [2.24, 2.45) is 5.92 Å². The van der Waals surface area contributed by atoms with Crippen LogP contribution in [0.15, 0.2) is 34.7 Å². The van der Waals surface area contributed by atoms with Gasteiger partial charge in [-0.3, -0.25) is 0 Å². The third-order valence-corrected chi connectivity index (χ3v) is 10.4. The van der Waals surface area contributed by atoms with Gasteiger partial charge in [-0.2, -0.15) is 10.4 Å². The van der Waals surface area contributed by atoms with Crippen molar-refractivity contribution in [2.45, 2.75) is 36.4 Å². The standard InChI is InChI=1S/C26H27N7O3S2/c1-32-8-7-22-19(15-32)10-24(37-22)38(35,36)31-26(34)29-25-20-4-2-3-17(20)5-6-21(25)18-9-23(30-28-12-18)33-13-16(11-27)14-33/h5-6,9-10,12,16H,2-4,7-8,13-15H2,1H3,(H2,29,31,34). The Kier molecular flexibility index (Phi) is 6.29. The number of benzene rings is 1. The van der Waals surface area contributed by atoms with Crippen LogP contribution in [0.1, 0.15) is 28.0 Å². The number of anilines is 2. The lowest BCUT2D eigenvalue weighted by atomic mass is 9.97. The van der Waals surface area contributed by atoms with Crippen molar-refractivity contribution < 1.29 is 13.2 Å². The molecule has 1 saturated heterocycles. The van der Waals surface area contributed by atoms with Crippen molar-refractivity contribution in [3.8, 4) is 17.2 Å². The van der Waals surface area contributed by atoms with E-state index in [2.05, 4.69) is 37.3 Å². The molecule has 196 valence electrons. The molecule has 0 saturated carbocycles. The number of carbonyl (C=O) groups is 1. The van der Waals surface area contributed by atoms with E-state index in [0.29, 0.717) is 31.1 Å². The smallest absolute Gasteiger partial charge is 0.333 e. The van der Waals surface area contributed by atoms with Crippen molar-refractivity contribution in [2.75, 3.05) is 36.9 Å². The van der Waals surface area contributed by atoms with E-state index < -0.39 is 16.1 Å². The minimum Gasteiger partial charge on any atom is -0.352 e. The van der Waals surface area contributed by atoms with Crippen molar-refractivity contribution in [1.29, 1.82) is 5.26 Å². The van der Waals surface area contributed by atoms with Crippen LogP contribution in [0.5, 0.6) is 0 Å².